The van der Waals surface area contributed by atoms with E-state index in [1.807, 2.05) is 0 Å². The van der Waals surface area contributed by atoms with Crippen molar-refractivity contribution in [1.29, 1.82) is 0 Å². The van der Waals surface area contributed by atoms with Gasteiger partial charge in [0.05, 0.1) is 17.3 Å². The first-order valence-electron chi connectivity index (χ1n) is 6.20. The number of rotatable bonds is 4. The minimum atomic E-state index is -3.81. The number of nitrogens with one attached hydrogen (secondary N) is 2. The summed E-state index contributed by atoms with van der Waals surface area (Å²) in [5.74, 6) is 0.106. The molecule has 1 aromatic rings. The second-order valence-electron chi connectivity index (χ2n) is 4.64. The molecule has 9 heteroatoms. The first kappa shape index (κ1) is 15.1. The summed E-state index contributed by atoms with van der Waals surface area (Å²) < 4.78 is 34.2. The number of amides is 1. The Morgan fingerprint density at radius 1 is 1.52 bits per heavy atom. The lowest BCUT2D eigenvalue weighted by Crippen LogP contribution is -2.35. The lowest BCUT2D eigenvalue weighted by molar-refractivity contribution is -0.119. The minimum absolute atomic E-state index is 0.133. The molecular formula is C12H16N4O4S. The number of fused-ring (bicyclic) bond motifs is 1. The third-order valence-corrected chi connectivity index (χ3v) is 3.59. The number of nitrogens with two attached hydrogens (primary N) is 1. The number of carbonyl (C=O) groups is 1. The van der Waals surface area contributed by atoms with Crippen LogP contribution < -0.4 is 20.5 Å². The molecule has 1 heterocycles. The second kappa shape index (κ2) is 5.60. The van der Waals surface area contributed by atoms with E-state index in [9.17, 15) is 13.2 Å². The van der Waals surface area contributed by atoms with Crippen molar-refractivity contribution in [1.82, 2.24) is 5.32 Å². The van der Waals surface area contributed by atoms with Gasteiger partial charge in [0, 0.05) is 6.92 Å². The summed E-state index contributed by atoms with van der Waals surface area (Å²) in [6.07, 6.45) is 0. The van der Waals surface area contributed by atoms with E-state index in [0.29, 0.717) is 17.0 Å². The van der Waals surface area contributed by atoms with Crippen LogP contribution in [0.5, 0.6) is 5.75 Å². The lowest BCUT2D eigenvalue weighted by atomic mass is 10.1. The summed E-state index contributed by atoms with van der Waals surface area (Å²) >= 11 is 0. The number of ether oxygens (including phenoxy) is 1. The molecule has 0 radical (unpaired) electrons. The molecule has 114 valence electrons. The van der Waals surface area contributed by atoms with Gasteiger partial charge in [-0.25, -0.2) is 0 Å². The molecule has 21 heavy (non-hydrogen) atoms. The molecule has 0 saturated heterocycles. The van der Waals surface area contributed by atoms with E-state index in [2.05, 4.69) is 14.4 Å². The SMILES string of the molecule is CC(=O)NC(C)COc1cccc2c1C(N)=NS(=O)(=O)N2. The number of carbonyl (C=O) groups excluding carboxylic acids is 1. The van der Waals surface area contributed by atoms with Gasteiger partial charge in [-0.2, -0.15) is 8.42 Å². The van der Waals surface area contributed by atoms with E-state index in [0.717, 1.165) is 0 Å². The largest absolute Gasteiger partial charge is 0.491 e. The lowest BCUT2D eigenvalue weighted by Gasteiger charge is -2.20. The number of anilines is 1. The number of benzene rings is 1. The Morgan fingerprint density at radius 3 is 2.90 bits per heavy atom. The maximum Gasteiger partial charge on any atom is 0.344 e. The molecule has 4 N–H and O–H groups in total. The fraction of sp³-hybridized carbons (Fsp3) is 0.333. The first-order valence-corrected chi connectivity index (χ1v) is 7.64. The highest BCUT2D eigenvalue weighted by Gasteiger charge is 2.24. The normalized spacial score (nSPS) is 17.0. The summed E-state index contributed by atoms with van der Waals surface area (Å²) in [6, 6.07) is 4.66. The third-order valence-electron chi connectivity index (χ3n) is 2.68. The van der Waals surface area contributed by atoms with Crippen LogP contribution in [0.4, 0.5) is 5.69 Å². The maximum atomic E-state index is 11.5. The molecule has 0 bridgehead atoms. The molecule has 1 atom stereocenters. The van der Waals surface area contributed by atoms with Crippen molar-refractivity contribution < 1.29 is 17.9 Å². The van der Waals surface area contributed by atoms with Crippen molar-refractivity contribution in [2.45, 2.75) is 19.9 Å². The van der Waals surface area contributed by atoms with Crippen LogP contribution in [0.3, 0.4) is 0 Å². The van der Waals surface area contributed by atoms with Crippen molar-refractivity contribution in [2.24, 2.45) is 10.1 Å². The van der Waals surface area contributed by atoms with E-state index in [1.165, 1.54) is 6.92 Å². The van der Waals surface area contributed by atoms with Crippen LogP contribution in [-0.4, -0.2) is 32.8 Å². The maximum absolute atomic E-state index is 11.5. The zero-order valence-corrected chi connectivity index (χ0v) is 12.4. The van der Waals surface area contributed by atoms with Crippen LogP contribution in [0, 0.1) is 0 Å². The molecule has 1 unspecified atom stereocenters. The smallest absolute Gasteiger partial charge is 0.344 e. The summed E-state index contributed by atoms with van der Waals surface area (Å²) in [6.45, 7) is 3.42. The average Bonchev–Trinajstić information content (AvgIpc) is 2.33. The van der Waals surface area contributed by atoms with Gasteiger partial charge in [-0.3, -0.25) is 9.52 Å². The van der Waals surface area contributed by atoms with Crippen LogP contribution in [-0.2, 0) is 15.0 Å². The summed E-state index contributed by atoms with van der Waals surface area (Å²) in [5, 5.41) is 2.68. The molecule has 0 aromatic heterocycles. The molecule has 0 fully saturated rings. The molecule has 1 aromatic carbocycles. The molecular weight excluding hydrogens is 296 g/mol. The highest BCUT2D eigenvalue weighted by molar-refractivity contribution is 7.91. The van der Waals surface area contributed by atoms with Gasteiger partial charge in [0.15, 0.2) is 5.84 Å². The number of hydrogen-bond acceptors (Lipinski definition) is 5. The van der Waals surface area contributed by atoms with Gasteiger partial charge in [-0.05, 0) is 19.1 Å². The Morgan fingerprint density at radius 2 is 2.24 bits per heavy atom. The quantitative estimate of drug-likeness (QED) is 0.720. The molecule has 1 aliphatic rings. The van der Waals surface area contributed by atoms with Gasteiger partial charge >= 0.3 is 10.2 Å². The van der Waals surface area contributed by atoms with Crippen LogP contribution >= 0.6 is 0 Å². The van der Waals surface area contributed by atoms with Gasteiger partial charge in [0.2, 0.25) is 5.91 Å². The minimum Gasteiger partial charge on any atom is -0.491 e. The Hall–Kier alpha value is -2.29. The molecule has 8 nitrogen and oxygen atoms in total. The van der Waals surface area contributed by atoms with Crippen molar-refractivity contribution >= 4 is 27.6 Å². The van der Waals surface area contributed by atoms with E-state index in [1.54, 1.807) is 25.1 Å². The second-order valence-corrected chi connectivity index (χ2v) is 5.98. The first-order chi connectivity index (χ1) is 9.78. The summed E-state index contributed by atoms with van der Waals surface area (Å²) in [4.78, 5) is 10.9. The molecule has 0 saturated carbocycles. The molecule has 0 spiro atoms. The van der Waals surface area contributed by atoms with Crippen LogP contribution in [0.1, 0.15) is 19.4 Å². The van der Waals surface area contributed by atoms with Gasteiger partial charge in [-0.1, -0.05) is 6.07 Å². The van der Waals surface area contributed by atoms with Crippen molar-refractivity contribution in [3.05, 3.63) is 23.8 Å². The van der Waals surface area contributed by atoms with E-state index < -0.39 is 10.2 Å². The van der Waals surface area contributed by atoms with E-state index >= 15 is 0 Å². The molecule has 1 amide bonds. The van der Waals surface area contributed by atoms with Crippen LogP contribution in [0.25, 0.3) is 0 Å². The highest BCUT2D eigenvalue weighted by atomic mass is 32.2. The summed E-state index contributed by atoms with van der Waals surface area (Å²) in [5.41, 5.74) is 6.39. The van der Waals surface area contributed by atoms with Gasteiger partial charge < -0.3 is 15.8 Å². The van der Waals surface area contributed by atoms with E-state index in [4.69, 9.17) is 10.5 Å². The predicted molar refractivity (Wildman–Crippen MR) is 78.5 cm³/mol. The predicted octanol–water partition coefficient (Wildman–Crippen LogP) is -0.0344. The number of amidine groups is 1. The van der Waals surface area contributed by atoms with Crippen LogP contribution in [0.2, 0.25) is 0 Å². The molecule has 2 rings (SSSR count). The Bertz CT molecular complexity index is 699. The zero-order chi connectivity index (χ0) is 15.6. The fourth-order valence-electron chi connectivity index (χ4n) is 1.94. The Kier molecular flexibility index (Phi) is 4.03. The van der Waals surface area contributed by atoms with Crippen molar-refractivity contribution in [3.63, 3.8) is 0 Å². The summed E-state index contributed by atoms with van der Waals surface area (Å²) in [7, 11) is -3.81. The van der Waals surface area contributed by atoms with Gasteiger partial charge in [-0.15, -0.1) is 4.40 Å². The average molecular weight is 312 g/mol. The standard InChI is InChI=1S/C12H16N4O4S/c1-7(14-8(2)17)6-20-10-5-3-4-9-11(10)12(13)16-21(18,19)15-9/h3-5,7,15H,6H2,1-2H3,(H2,13,16)(H,14,17). The topological polar surface area (TPSA) is 123 Å². The van der Waals surface area contributed by atoms with E-state index in [-0.39, 0.29) is 24.4 Å². The van der Waals surface area contributed by atoms with Gasteiger partial charge in [0.25, 0.3) is 0 Å². The Balaban J connectivity index is 2.22. The van der Waals surface area contributed by atoms with Crippen molar-refractivity contribution in [2.75, 3.05) is 11.3 Å². The molecule has 1 aliphatic heterocycles. The zero-order valence-electron chi connectivity index (χ0n) is 11.6. The fourth-order valence-corrected chi connectivity index (χ4v) is 2.78. The monoisotopic (exact) mass is 312 g/mol. The Labute approximate surface area is 122 Å². The van der Waals surface area contributed by atoms with Crippen LogP contribution in [0.15, 0.2) is 22.6 Å². The number of nitrogens with zero attached hydrogens (tertiary/aromatic N) is 1. The molecule has 0 aliphatic carbocycles. The highest BCUT2D eigenvalue weighted by Crippen LogP contribution is 2.30. The van der Waals surface area contributed by atoms with Gasteiger partial charge in [0.1, 0.15) is 12.4 Å². The number of hydrogen-bond donors (Lipinski definition) is 3. The van der Waals surface area contributed by atoms with Crippen molar-refractivity contribution in [3.8, 4) is 5.75 Å². The third kappa shape index (κ3) is 3.63.